The summed E-state index contributed by atoms with van der Waals surface area (Å²) < 4.78 is 1.74. The molecular formula is C4H8N4S. The van der Waals surface area contributed by atoms with Crippen molar-refractivity contribution in [3.63, 3.8) is 0 Å². The van der Waals surface area contributed by atoms with Crippen LogP contribution >= 0.6 is 12.6 Å². The molecule has 0 spiro atoms. The Bertz CT molecular complexity index is 206. The van der Waals surface area contributed by atoms with Crippen LogP contribution in [0.3, 0.4) is 0 Å². The highest BCUT2D eigenvalue weighted by molar-refractivity contribution is 7.80. The Kier molecular flexibility index (Phi) is 1.73. The highest BCUT2D eigenvalue weighted by Crippen LogP contribution is 2.00. The van der Waals surface area contributed by atoms with E-state index in [1.165, 1.54) is 0 Å². The molecule has 1 heterocycles. The molecule has 2 N–H and O–H groups in total. The van der Waals surface area contributed by atoms with Crippen molar-refractivity contribution in [2.75, 3.05) is 0 Å². The quantitative estimate of drug-likeness (QED) is 0.525. The molecule has 9 heavy (non-hydrogen) atoms. The fraction of sp³-hybridized carbons (Fsp3) is 0.500. The van der Waals surface area contributed by atoms with Crippen LogP contribution in [-0.4, -0.2) is 14.8 Å². The summed E-state index contributed by atoms with van der Waals surface area (Å²) in [6.07, 6.45) is 0. The molecule has 0 aliphatic carbocycles. The largest absolute Gasteiger partial charge is 0.324 e. The minimum absolute atomic E-state index is 0.407. The summed E-state index contributed by atoms with van der Waals surface area (Å²) in [5, 5.41) is 8.02. The van der Waals surface area contributed by atoms with Crippen molar-refractivity contribution in [3.05, 3.63) is 5.82 Å². The molecule has 1 rings (SSSR count). The molecule has 0 saturated heterocycles. The zero-order valence-electron chi connectivity index (χ0n) is 5.07. The van der Waals surface area contributed by atoms with Gasteiger partial charge in [0.1, 0.15) is 5.82 Å². The van der Waals surface area contributed by atoms with Crippen LogP contribution in [0.1, 0.15) is 5.82 Å². The average molecular weight is 144 g/mol. The number of nitrogens with two attached hydrogens (primary N) is 1. The zero-order chi connectivity index (χ0) is 6.85. The van der Waals surface area contributed by atoms with Gasteiger partial charge in [0.25, 0.3) is 0 Å². The minimum atomic E-state index is 0.407. The summed E-state index contributed by atoms with van der Waals surface area (Å²) >= 11 is 4.01. The van der Waals surface area contributed by atoms with Crippen LogP contribution in [-0.2, 0) is 13.6 Å². The molecule has 0 radical (unpaired) electrons. The average Bonchev–Trinajstić information content (AvgIpc) is 2.15. The lowest BCUT2D eigenvalue weighted by Crippen LogP contribution is -2.04. The normalized spacial score (nSPS) is 10.1. The first-order valence-corrected chi connectivity index (χ1v) is 2.97. The van der Waals surface area contributed by atoms with Crippen LogP contribution in [0.15, 0.2) is 5.16 Å². The van der Waals surface area contributed by atoms with Gasteiger partial charge in [-0.25, -0.2) is 0 Å². The maximum Gasteiger partial charge on any atom is 0.187 e. The number of aromatic nitrogens is 3. The van der Waals surface area contributed by atoms with E-state index in [0.29, 0.717) is 11.7 Å². The fourth-order valence-electron chi connectivity index (χ4n) is 0.530. The van der Waals surface area contributed by atoms with Crippen molar-refractivity contribution in [2.45, 2.75) is 11.7 Å². The van der Waals surface area contributed by atoms with Crippen LogP contribution in [0.5, 0.6) is 0 Å². The molecule has 0 saturated carbocycles. The summed E-state index contributed by atoms with van der Waals surface area (Å²) in [6.45, 7) is 0.407. The molecule has 0 fully saturated rings. The third kappa shape index (κ3) is 1.06. The Morgan fingerprint density at radius 1 is 1.67 bits per heavy atom. The number of nitrogens with zero attached hydrogens (tertiary/aromatic N) is 3. The number of hydrogen-bond donors (Lipinski definition) is 2. The standard InChI is InChI=1S/C4H8N4S/c1-8-3(2-5)6-7-4(8)9/h2,5H2,1H3,(H,7,9). The monoisotopic (exact) mass is 144 g/mol. The lowest BCUT2D eigenvalue weighted by atomic mass is 10.6. The summed E-state index contributed by atoms with van der Waals surface area (Å²) in [5.41, 5.74) is 5.31. The van der Waals surface area contributed by atoms with Crippen LogP contribution in [0.25, 0.3) is 0 Å². The molecule has 50 valence electrons. The van der Waals surface area contributed by atoms with Gasteiger partial charge in [0.15, 0.2) is 5.16 Å². The van der Waals surface area contributed by atoms with E-state index < -0.39 is 0 Å². The van der Waals surface area contributed by atoms with E-state index in [0.717, 1.165) is 5.82 Å². The highest BCUT2D eigenvalue weighted by Gasteiger charge is 2.00. The van der Waals surface area contributed by atoms with Crippen LogP contribution < -0.4 is 5.73 Å². The van der Waals surface area contributed by atoms with Crippen molar-refractivity contribution in [2.24, 2.45) is 12.8 Å². The molecule has 5 heteroatoms. The summed E-state index contributed by atoms with van der Waals surface area (Å²) in [5.74, 6) is 0.750. The maximum absolute atomic E-state index is 5.31. The third-order valence-electron chi connectivity index (χ3n) is 1.12. The molecule has 0 aliphatic rings. The Labute approximate surface area is 58.5 Å². The summed E-state index contributed by atoms with van der Waals surface area (Å²) in [4.78, 5) is 0. The lowest BCUT2D eigenvalue weighted by Gasteiger charge is -1.94. The van der Waals surface area contributed by atoms with Gasteiger partial charge >= 0.3 is 0 Å². The number of thiol groups is 1. The van der Waals surface area contributed by atoms with Gasteiger partial charge in [-0.1, -0.05) is 0 Å². The first kappa shape index (κ1) is 6.57. The molecule has 1 aromatic heterocycles. The summed E-state index contributed by atoms with van der Waals surface area (Å²) in [6, 6.07) is 0. The van der Waals surface area contributed by atoms with Gasteiger partial charge in [-0.3, -0.25) is 0 Å². The smallest absolute Gasteiger partial charge is 0.187 e. The van der Waals surface area contributed by atoms with Crippen molar-refractivity contribution < 1.29 is 0 Å². The third-order valence-corrected chi connectivity index (χ3v) is 1.51. The van der Waals surface area contributed by atoms with E-state index in [2.05, 4.69) is 22.8 Å². The van der Waals surface area contributed by atoms with Gasteiger partial charge in [-0.05, 0) is 0 Å². The van der Waals surface area contributed by atoms with Crippen molar-refractivity contribution in [3.8, 4) is 0 Å². The Morgan fingerprint density at radius 3 is 2.56 bits per heavy atom. The van der Waals surface area contributed by atoms with Gasteiger partial charge in [0, 0.05) is 7.05 Å². The van der Waals surface area contributed by atoms with Crippen LogP contribution in [0.2, 0.25) is 0 Å². The highest BCUT2D eigenvalue weighted by atomic mass is 32.1. The van der Waals surface area contributed by atoms with E-state index in [1.54, 1.807) is 4.57 Å². The Hall–Kier alpha value is -0.550. The van der Waals surface area contributed by atoms with Gasteiger partial charge in [0.05, 0.1) is 6.54 Å². The van der Waals surface area contributed by atoms with Crippen LogP contribution in [0, 0.1) is 0 Å². The molecule has 0 aromatic carbocycles. The first-order chi connectivity index (χ1) is 4.25. The van der Waals surface area contributed by atoms with E-state index in [4.69, 9.17) is 5.73 Å². The van der Waals surface area contributed by atoms with Gasteiger partial charge in [0.2, 0.25) is 0 Å². The second-order valence-corrected chi connectivity index (χ2v) is 2.08. The van der Waals surface area contributed by atoms with Gasteiger partial charge in [-0.15, -0.1) is 22.8 Å². The molecule has 0 aliphatic heterocycles. The second kappa shape index (κ2) is 2.36. The lowest BCUT2D eigenvalue weighted by molar-refractivity contribution is 0.737. The predicted octanol–water partition coefficient (Wildman–Crippen LogP) is -0.438. The summed E-state index contributed by atoms with van der Waals surface area (Å²) in [7, 11) is 1.82. The first-order valence-electron chi connectivity index (χ1n) is 2.53. The van der Waals surface area contributed by atoms with E-state index >= 15 is 0 Å². The SMILES string of the molecule is Cn1c(S)nnc1CN. The molecular weight excluding hydrogens is 136 g/mol. The molecule has 0 bridgehead atoms. The van der Waals surface area contributed by atoms with Gasteiger partial charge < -0.3 is 10.3 Å². The van der Waals surface area contributed by atoms with Crippen molar-refractivity contribution in [1.29, 1.82) is 0 Å². The fourth-order valence-corrected chi connectivity index (χ4v) is 0.690. The zero-order valence-corrected chi connectivity index (χ0v) is 5.97. The van der Waals surface area contributed by atoms with Crippen molar-refractivity contribution >= 4 is 12.6 Å². The molecule has 4 nitrogen and oxygen atoms in total. The predicted molar refractivity (Wildman–Crippen MR) is 36.1 cm³/mol. The molecule has 1 aromatic rings. The second-order valence-electron chi connectivity index (χ2n) is 1.68. The Balaban J connectivity index is 3.04. The van der Waals surface area contributed by atoms with Crippen molar-refractivity contribution in [1.82, 2.24) is 14.8 Å². The van der Waals surface area contributed by atoms with E-state index in [-0.39, 0.29) is 0 Å². The van der Waals surface area contributed by atoms with E-state index in [1.807, 2.05) is 7.05 Å². The molecule has 0 amide bonds. The van der Waals surface area contributed by atoms with Crippen LogP contribution in [0.4, 0.5) is 0 Å². The molecule has 0 atom stereocenters. The Morgan fingerprint density at radius 2 is 2.33 bits per heavy atom. The maximum atomic E-state index is 5.31. The molecule has 0 unspecified atom stereocenters. The minimum Gasteiger partial charge on any atom is -0.324 e. The number of hydrogen-bond acceptors (Lipinski definition) is 4. The van der Waals surface area contributed by atoms with Gasteiger partial charge in [-0.2, -0.15) is 0 Å². The number of rotatable bonds is 1. The van der Waals surface area contributed by atoms with E-state index in [9.17, 15) is 0 Å². The topological polar surface area (TPSA) is 56.7 Å².